The molecule has 0 aliphatic rings. The van der Waals surface area contributed by atoms with Gasteiger partial charge in [-0.2, -0.15) is 5.26 Å². The molecule has 5 heteroatoms. The number of rotatable bonds is 0. The first-order valence-corrected chi connectivity index (χ1v) is 5.69. The molecule has 0 unspecified atom stereocenters. The molecule has 2 aromatic rings. The predicted molar refractivity (Wildman–Crippen MR) is 70.6 cm³/mol. The zero-order valence-electron chi connectivity index (χ0n) is 9.92. The van der Waals surface area contributed by atoms with Crippen LogP contribution in [0.4, 0.5) is 0 Å². The minimum absolute atomic E-state index is 0.297. The van der Waals surface area contributed by atoms with Gasteiger partial charge in [0, 0.05) is 0 Å². The van der Waals surface area contributed by atoms with E-state index in [0.29, 0.717) is 21.1 Å². The maximum Gasteiger partial charge on any atom is 0.324 e. The summed E-state index contributed by atoms with van der Waals surface area (Å²) in [5.74, 6) is 0. The van der Waals surface area contributed by atoms with Crippen LogP contribution in [-0.2, 0) is 0 Å². The Morgan fingerprint density at radius 3 is 2.53 bits per heavy atom. The molecule has 0 saturated carbocycles. The summed E-state index contributed by atoms with van der Waals surface area (Å²) >= 11 is 5.01. The number of hydrogen-bond acceptors (Lipinski definition) is 3. The van der Waals surface area contributed by atoms with E-state index in [-0.39, 0.29) is 5.69 Å². The van der Waals surface area contributed by atoms with Crippen LogP contribution in [0.3, 0.4) is 0 Å². The van der Waals surface area contributed by atoms with E-state index in [2.05, 4.69) is 16.0 Å². The molecular formula is C12H13N3OS. The number of aromatic amines is 2. The quantitative estimate of drug-likeness (QED) is 0.703. The van der Waals surface area contributed by atoms with Crippen LogP contribution < -0.4 is 5.69 Å². The maximum atomic E-state index is 11.2. The van der Waals surface area contributed by atoms with Crippen LogP contribution in [0.5, 0.6) is 0 Å². The summed E-state index contributed by atoms with van der Waals surface area (Å²) in [5.41, 5.74) is 1.63. The molecule has 0 amide bonds. The monoisotopic (exact) mass is 247 g/mol. The average Bonchev–Trinajstić information content (AvgIpc) is 2.29. The van der Waals surface area contributed by atoms with Crippen molar-refractivity contribution < 1.29 is 0 Å². The first kappa shape index (κ1) is 13.1. The van der Waals surface area contributed by atoms with Gasteiger partial charge in [-0.05, 0) is 24.6 Å². The SMILES string of the molecule is CC.Cc1cc(C#N)c2c(=S)[nH]c(=O)[nH]c2c1. The maximum absolute atomic E-state index is 11.2. The van der Waals surface area contributed by atoms with Crippen LogP contribution >= 0.6 is 12.2 Å². The van der Waals surface area contributed by atoms with Gasteiger partial charge in [0.2, 0.25) is 0 Å². The Morgan fingerprint density at radius 1 is 1.29 bits per heavy atom. The Balaban J connectivity index is 0.000000686. The van der Waals surface area contributed by atoms with Gasteiger partial charge in [0.25, 0.3) is 0 Å². The fraction of sp³-hybridized carbons (Fsp3) is 0.250. The fourth-order valence-electron chi connectivity index (χ4n) is 1.54. The van der Waals surface area contributed by atoms with Gasteiger partial charge in [-0.15, -0.1) is 0 Å². The number of nitrogens with one attached hydrogen (secondary N) is 2. The number of hydrogen-bond donors (Lipinski definition) is 2. The minimum Gasteiger partial charge on any atom is -0.307 e. The topological polar surface area (TPSA) is 72.4 Å². The molecule has 0 bridgehead atoms. The highest BCUT2D eigenvalue weighted by Gasteiger charge is 2.04. The van der Waals surface area contributed by atoms with Crippen molar-refractivity contribution in [2.24, 2.45) is 0 Å². The van der Waals surface area contributed by atoms with Gasteiger partial charge < -0.3 is 4.98 Å². The average molecular weight is 247 g/mol. The normalized spacial score (nSPS) is 9.29. The number of fused-ring (bicyclic) bond motifs is 1. The first-order valence-electron chi connectivity index (χ1n) is 5.29. The summed E-state index contributed by atoms with van der Waals surface area (Å²) in [5, 5.41) is 9.55. The molecule has 1 aromatic heterocycles. The van der Waals surface area contributed by atoms with E-state index in [1.165, 1.54) is 0 Å². The van der Waals surface area contributed by atoms with Crippen LogP contribution in [0.1, 0.15) is 25.0 Å². The van der Waals surface area contributed by atoms with Crippen molar-refractivity contribution in [2.75, 3.05) is 0 Å². The summed E-state index contributed by atoms with van der Waals surface area (Å²) in [4.78, 5) is 16.2. The van der Waals surface area contributed by atoms with Crippen LogP contribution in [0.2, 0.25) is 0 Å². The van der Waals surface area contributed by atoms with Gasteiger partial charge in [0.05, 0.1) is 22.5 Å². The smallest absolute Gasteiger partial charge is 0.307 e. The minimum atomic E-state index is -0.359. The summed E-state index contributed by atoms with van der Waals surface area (Å²) in [7, 11) is 0. The van der Waals surface area contributed by atoms with Crippen molar-refractivity contribution in [1.29, 1.82) is 5.26 Å². The van der Waals surface area contributed by atoms with E-state index in [9.17, 15) is 4.79 Å². The molecule has 0 atom stereocenters. The Bertz CT molecular complexity index is 691. The molecule has 17 heavy (non-hydrogen) atoms. The number of benzene rings is 1. The summed E-state index contributed by atoms with van der Waals surface area (Å²) in [6.45, 7) is 5.86. The molecule has 0 aliphatic heterocycles. The van der Waals surface area contributed by atoms with Crippen molar-refractivity contribution >= 4 is 23.1 Å². The molecule has 88 valence electrons. The van der Waals surface area contributed by atoms with Gasteiger partial charge >= 0.3 is 5.69 Å². The molecule has 0 saturated heterocycles. The largest absolute Gasteiger partial charge is 0.324 e. The lowest BCUT2D eigenvalue weighted by Gasteiger charge is -2.01. The van der Waals surface area contributed by atoms with Crippen LogP contribution in [0.25, 0.3) is 10.9 Å². The standard InChI is InChI=1S/C10H7N3OS.C2H6/c1-5-2-6(4-11)8-7(3-5)12-10(14)13-9(8)15;1-2/h2-3H,1H3,(H2,12,13,14,15);1-2H3. The van der Waals surface area contributed by atoms with Crippen molar-refractivity contribution in [2.45, 2.75) is 20.8 Å². The zero-order chi connectivity index (χ0) is 13.0. The van der Waals surface area contributed by atoms with E-state index in [1.807, 2.05) is 20.8 Å². The summed E-state index contributed by atoms with van der Waals surface area (Å²) in [6.07, 6.45) is 0. The van der Waals surface area contributed by atoms with E-state index in [4.69, 9.17) is 17.5 Å². The molecule has 1 heterocycles. The van der Waals surface area contributed by atoms with E-state index in [0.717, 1.165) is 5.56 Å². The van der Waals surface area contributed by atoms with E-state index in [1.54, 1.807) is 12.1 Å². The van der Waals surface area contributed by atoms with Gasteiger partial charge in [-0.25, -0.2) is 4.79 Å². The third-order valence-electron chi connectivity index (χ3n) is 2.11. The van der Waals surface area contributed by atoms with Crippen LogP contribution in [0, 0.1) is 22.9 Å². The molecule has 0 aliphatic carbocycles. The summed E-state index contributed by atoms with van der Waals surface area (Å²) in [6, 6.07) is 5.60. The third-order valence-corrected chi connectivity index (χ3v) is 2.41. The molecule has 0 radical (unpaired) electrons. The molecule has 2 N–H and O–H groups in total. The lowest BCUT2D eigenvalue weighted by Crippen LogP contribution is -2.10. The Hall–Kier alpha value is -1.93. The Kier molecular flexibility index (Phi) is 4.18. The highest BCUT2D eigenvalue weighted by molar-refractivity contribution is 7.71. The number of nitrogens with zero attached hydrogens (tertiary/aromatic N) is 1. The van der Waals surface area contributed by atoms with Crippen molar-refractivity contribution in [3.8, 4) is 6.07 Å². The molecule has 1 aromatic carbocycles. The number of aromatic nitrogens is 2. The van der Waals surface area contributed by atoms with Crippen LogP contribution in [0.15, 0.2) is 16.9 Å². The lowest BCUT2D eigenvalue weighted by molar-refractivity contribution is 1.10. The predicted octanol–water partition coefficient (Wildman–Crippen LogP) is 2.79. The Morgan fingerprint density at radius 2 is 1.94 bits per heavy atom. The highest BCUT2D eigenvalue weighted by atomic mass is 32.1. The number of H-pyrrole nitrogens is 2. The molecule has 0 fully saturated rings. The second-order valence-electron chi connectivity index (χ2n) is 3.26. The summed E-state index contributed by atoms with van der Waals surface area (Å²) < 4.78 is 0.297. The lowest BCUT2D eigenvalue weighted by atomic mass is 10.1. The number of nitriles is 1. The highest BCUT2D eigenvalue weighted by Crippen LogP contribution is 2.17. The van der Waals surface area contributed by atoms with Crippen molar-refractivity contribution in [1.82, 2.24) is 9.97 Å². The van der Waals surface area contributed by atoms with Crippen molar-refractivity contribution in [3.05, 3.63) is 38.4 Å². The van der Waals surface area contributed by atoms with Gasteiger partial charge in [-0.3, -0.25) is 4.98 Å². The van der Waals surface area contributed by atoms with E-state index < -0.39 is 0 Å². The van der Waals surface area contributed by atoms with Gasteiger partial charge in [-0.1, -0.05) is 26.1 Å². The molecule has 0 spiro atoms. The molecular weight excluding hydrogens is 234 g/mol. The second kappa shape index (κ2) is 5.41. The van der Waals surface area contributed by atoms with Crippen molar-refractivity contribution in [3.63, 3.8) is 0 Å². The number of aryl methyl sites for hydroxylation is 1. The zero-order valence-corrected chi connectivity index (χ0v) is 10.7. The van der Waals surface area contributed by atoms with Crippen LogP contribution in [-0.4, -0.2) is 9.97 Å². The second-order valence-corrected chi connectivity index (χ2v) is 3.66. The molecule has 2 rings (SSSR count). The van der Waals surface area contributed by atoms with Gasteiger partial charge in [0.15, 0.2) is 0 Å². The van der Waals surface area contributed by atoms with E-state index >= 15 is 0 Å². The third kappa shape index (κ3) is 2.60. The first-order chi connectivity index (χ1) is 8.11. The fourth-order valence-corrected chi connectivity index (χ4v) is 1.85. The molecule has 4 nitrogen and oxygen atoms in total. The Labute approximate surface area is 104 Å². The van der Waals surface area contributed by atoms with Gasteiger partial charge in [0.1, 0.15) is 4.64 Å².